The second-order valence-electron chi connectivity index (χ2n) is 4.51. The first kappa shape index (κ1) is 13.7. The van der Waals surface area contributed by atoms with Gasteiger partial charge in [-0.05, 0) is 38.2 Å². The zero-order chi connectivity index (χ0) is 12.7. The van der Waals surface area contributed by atoms with Crippen LogP contribution in [0.2, 0.25) is 0 Å². The Kier molecular flexibility index (Phi) is 5.70. The van der Waals surface area contributed by atoms with Crippen molar-refractivity contribution in [2.45, 2.75) is 19.8 Å². The molecule has 17 heavy (non-hydrogen) atoms. The normalized spacial score (nSPS) is 10.6. The molecule has 0 saturated carbocycles. The van der Waals surface area contributed by atoms with Gasteiger partial charge in [0.15, 0.2) is 0 Å². The van der Waals surface area contributed by atoms with Gasteiger partial charge in [-0.2, -0.15) is 0 Å². The molecule has 0 atom stereocenters. The molecule has 0 aromatic heterocycles. The standard InChI is InChI=1S/C14H22N2O/c1-4-5-12-6-8-13(9-7-12)14(17)15-10-11-16(2)3/h6-9H,4-5,10-11H2,1-3H3,(H,15,17). The number of hydrogen-bond acceptors (Lipinski definition) is 2. The molecule has 0 bridgehead atoms. The molecule has 1 aromatic rings. The SMILES string of the molecule is CCCc1ccc(C(=O)NCCN(C)C)cc1. The van der Waals surface area contributed by atoms with E-state index < -0.39 is 0 Å². The van der Waals surface area contributed by atoms with Crippen molar-refractivity contribution in [3.8, 4) is 0 Å². The molecule has 1 aromatic carbocycles. The monoisotopic (exact) mass is 234 g/mol. The van der Waals surface area contributed by atoms with Gasteiger partial charge >= 0.3 is 0 Å². The highest BCUT2D eigenvalue weighted by atomic mass is 16.1. The predicted molar refractivity (Wildman–Crippen MR) is 71.3 cm³/mol. The molecule has 0 aliphatic rings. The molecule has 0 aliphatic carbocycles. The van der Waals surface area contributed by atoms with E-state index in [2.05, 4.69) is 12.2 Å². The second kappa shape index (κ2) is 7.07. The fraction of sp³-hybridized carbons (Fsp3) is 0.500. The number of carbonyl (C=O) groups is 1. The van der Waals surface area contributed by atoms with Crippen LogP contribution >= 0.6 is 0 Å². The number of amides is 1. The van der Waals surface area contributed by atoms with Gasteiger partial charge in [0.05, 0.1) is 0 Å². The van der Waals surface area contributed by atoms with E-state index in [4.69, 9.17) is 0 Å². The Balaban J connectivity index is 2.46. The minimum absolute atomic E-state index is 0.00917. The van der Waals surface area contributed by atoms with Gasteiger partial charge in [0, 0.05) is 18.7 Å². The van der Waals surface area contributed by atoms with Crippen molar-refractivity contribution in [1.82, 2.24) is 10.2 Å². The van der Waals surface area contributed by atoms with Gasteiger partial charge in [-0.25, -0.2) is 0 Å². The lowest BCUT2D eigenvalue weighted by atomic mass is 10.1. The minimum Gasteiger partial charge on any atom is -0.351 e. The summed E-state index contributed by atoms with van der Waals surface area (Å²) < 4.78 is 0. The van der Waals surface area contributed by atoms with Crippen LogP contribution in [-0.4, -0.2) is 38.0 Å². The van der Waals surface area contributed by atoms with Gasteiger partial charge in [0.1, 0.15) is 0 Å². The van der Waals surface area contributed by atoms with Crippen LogP contribution in [0.15, 0.2) is 24.3 Å². The summed E-state index contributed by atoms with van der Waals surface area (Å²) in [4.78, 5) is 13.8. The fourth-order valence-corrected chi connectivity index (χ4v) is 1.61. The van der Waals surface area contributed by atoms with E-state index in [-0.39, 0.29) is 5.91 Å². The van der Waals surface area contributed by atoms with Crippen molar-refractivity contribution in [2.24, 2.45) is 0 Å². The summed E-state index contributed by atoms with van der Waals surface area (Å²) in [5, 5.41) is 2.90. The van der Waals surface area contributed by atoms with Crippen molar-refractivity contribution in [2.75, 3.05) is 27.2 Å². The maximum atomic E-state index is 11.8. The maximum absolute atomic E-state index is 11.8. The van der Waals surface area contributed by atoms with Crippen LogP contribution in [-0.2, 0) is 6.42 Å². The summed E-state index contributed by atoms with van der Waals surface area (Å²) >= 11 is 0. The van der Waals surface area contributed by atoms with Crippen molar-refractivity contribution < 1.29 is 4.79 Å². The average Bonchev–Trinajstić information content (AvgIpc) is 2.30. The van der Waals surface area contributed by atoms with E-state index >= 15 is 0 Å². The quantitative estimate of drug-likeness (QED) is 0.815. The highest BCUT2D eigenvalue weighted by Crippen LogP contribution is 2.06. The highest BCUT2D eigenvalue weighted by Gasteiger charge is 2.04. The van der Waals surface area contributed by atoms with Crippen LogP contribution in [0.3, 0.4) is 0 Å². The lowest BCUT2D eigenvalue weighted by Crippen LogP contribution is -2.31. The molecule has 1 amide bonds. The molecule has 94 valence electrons. The van der Waals surface area contributed by atoms with E-state index in [1.807, 2.05) is 43.3 Å². The lowest BCUT2D eigenvalue weighted by molar-refractivity contribution is 0.0951. The minimum atomic E-state index is 0.00917. The third kappa shape index (κ3) is 5.00. The topological polar surface area (TPSA) is 32.3 Å². The van der Waals surface area contributed by atoms with Gasteiger partial charge in [-0.1, -0.05) is 25.5 Å². The predicted octanol–water partition coefficient (Wildman–Crippen LogP) is 1.93. The number of aryl methyl sites for hydroxylation is 1. The Bertz CT molecular complexity index is 344. The van der Waals surface area contributed by atoms with Gasteiger partial charge in [-0.15, -0.1) is 0 Å². The van der Waals surface area contributed by atoms with E-state index in [0.29, 0.717) is 6.54 Å². The summed E-state index contributed by atoms with van der Waals surface area (Å²) in [5.41, 5.74) is 2.03. The Labute approximate surface area is 104 Å². The molecule has 0 saturated heterocycles. The molecular weight excluding hydrogens is 212 g/mol. The van der Waals surface area contributed by atoms with E-state index in [1.165, 1.54) is 5.56 Å². The summed E-state index contributed by atoms with van der Waals surface area (Å²) in [5.74, 6) is 0.00917. The van der Waals surface area contributed by atoms with Crippen LogP contribution in [0.5, 0.6) is 0 Å². The fourth-order valence-electron chi connectivity index (χ4n) is 1.61. The molecule has 1 rings (SSSR count). The summed E-state index contributed by atoms with van der Waals surface area (Å²) in [7, 11) is 3.98. The average molecular weight is 234 g/mol. The van der Waals surface area contributed by atoms with Crippen LogP contribution < -0.4 is 5.32 Å². The zero-order valence-corrected chi connectivity index (χ0v) is 11.0. The Morgan fingerprint density at radius 3 is 2.41 bits per heavy atom. The lowest BCUT2D eigenvalue weighted by Gasteiger charge is -2.10. The number of rotatable bonds is 6. The molecule has 0 heterocycles. The van der Waals surface area contributed by atoms with Gasteiger partial charge in [-0.3, -0.25) is 4.79 Å². The molecule has 3 heteroatoms. The van der Waals surface area contributed by atoms with Crippen molar-refractivity contribution in [3.63, 3.8) is 0 Å². The summed E-state index contributed by atoms with van der Waals surface area (Å²) in [6.07, 6.45) is 2.21. The van der Waals surface area contributed by atoms with E-state index in [1.54, 1.807) is 0 Å². The van der Waals surface area contributed by atoms with Crippen molar-refractivity contribution in [1.29, 1.82) is 0 Å². The third-order valence-corrected chi connectivity index (χ3v) is 2.60. The number of nitrogens with one attached hydrogen (secondary N) is 1. The van der Waals surface area contributed by atoms with Crippen molar-refractivity contribution >= 4 is 5.91 Å². The van der Waals surface area contributed by atoms with E-state index in [0.717, 1.165) is 24.9 Å². The third-order valence-electron chi connectivity index (χ3n) is 2.60. The van der Waals surface area contributed by atoms with Crippen molar-refractivity contribution in [3.05, 3.63) is 35.4 Å². The largest absolute Gasteiger partial charge is 0.351 e. The van der Waals surface area contributed by atoms with Gasteiger partial charge in [0.25, 0.3) is 5.91 Å². The molecule has 0 radical (unpaired) electrons. The molecule has 0 unspecified atom stereocenters. The molecule has 3 nitrogen and oxygen atoms in total. The Morgan fingerprint density at radius 2 is 1.88 bits per heavy atom. The first-order valence-corrected chi connectivity index (χ1v) is 6.15. The first-order chi connectivity index (χ1) is 8.13. The summed E-state index contributed by atoms with van der Waals surface area (Å²) in [6, 6.07) is 7.86. The Hall–Kier alpha value is -1.35. The van der Waals surface area contributed by atoms with Crippen LogP contribution in [0.4, 0.5) is 0 Å². The Morgan fingerprint density at radius 1 is 1.24 bits per heavy atom. The van der Waals surface area contributed by atoms with Gasteiger partial charge in [0.2, 0.25) is 0 Å². The van der Waals surface area contributed by atoms with Gasteiger partial charge < -0.3 is 10.2 Å². The number of nitrogens with zero attached hydrogens (tertiary/aromatic N) is 1. The number of hydrogen-bond donors (Lipinski definition) is 1. The summed E-state index contributed by atoms with van der Waals surface area (Å²) in [6.45, 7) is 3.70. The molecule has 0 spiro atoms. The highest BCUT2D eigenvalue weighted by molar-refractivity contribution is 5.94. The molecular formula is C14H22N2O. The second-order valence-corrected chi connectivity index (χ2v) is 4.51. The van der Waals surface area contributed by atoms with Crippen LogP contribution in [0.25, 0.3) is 0 Å². The zero-order valence-electron chi connectivity index (χ0n) is 11.0. The molecule has 0 aliphatic heterocycles. The van der Waals surface area contributed by atoms with Crippen LogP contribution in [0.1, 0.15) is 29.3 Å². The number of likely N-dealkylation sites (N-methyl/N-ethyl adjacent to an activating group) is 1. The molecule has 1 N–H and O–H groups in total. The number of benzene rings is 1. The van der Waals surface area contributed by atoms with Crippen LogP contribution in [0, 0.1) is 0 Å². The maximum Gasteiger partial charge on any atom is 0.251 e. The smallest absolute Gasteiger partial charge is 0.251 e. The molecule has 0 fully saturated rings. The van der Waals surface area contributed by atoms with E-state index in [9.17, 15) is 4.79 Å². The number of carbonyl (C=O) groups excluding carboxylic acids is 1. The first-order valence-electron chi connectivity index (χ1n) is 6.15.